The maximum Gasteiger partial charge on any atom is 0.273 e. The normalized spacial score (nSPS) is 19.2. The van der Waals surface area contributed by atoms with Crippen LogP contribution in [0, 0.1) is 0 Å². The fourth-order valence-corrected chi connectivity index (χ4v) is 1.14. The van der Waals surface area contributed by atoms with Crippen LogP contribution in [-0.4, -0.2) is 5.24 Å². The number of rotatable bonds is 1. The van der Waals surface area contributed by atoms with E-state index < -0.39 is 5.24 Å². The minimum atomic E-state index is -0.557. The first-order chi connectivity index (χ1) is 5.29. The molecule has 2 rings (SSSR count). The van der Waals surface area contributed by atoms with Gasteiger partial charge in [0.2, 0.25) is 0 Å². The number of allylic oxidation sites excluding steroid dienone is 4. The van der Waals surface area contributed by atoms with Gasteiger partial charge >= 0.3 is 0 Å². The fourth-order valence-electron chi connectivity index (χ4n) is 1.00. The van der Waals surface area contributed by atoms with E-state index in [-0.39, 0.29) is 5.70 Å². The summed E-state index contributed by atoms with van der Waals surface area (Å²) in [5.74, 6) is 0. The third-order valence-corrected chi connectivity index (χ3v) is 1.67. The Morgan fingerprint density at radius 3 is 3.00 bits per heavy atom. The Morgan fingerprint density at radius 1 is 1.45 bits per heavy atom. The average molecular weight is 167 g/mol. The molecule has 0 saturated heterocycles. The molecule has 4 heteroatoms. The smallest absolute Gasteiger partial charge is 0.273 e. The zero-order valence-corrected chi connectivity index (χ0v) is 6.17. The summed E-state index contributed by atoms with van der Waals surface area (Å²) in [5, 5.41) is 6.81. The standard InChI is InChI=1S/C7H3ClN2O/c8-7(11)6-4-2-1-3-5(4)9-10-6/h1-3H. The maximum absolute atomic E-state index is 10.7. The lowest BCUT2D eigenvalue weighted by Crippen LogP contribution is -1.89. The first-order valence-electron chi connectivity index (χ1n) is 3.03. The SMILES string of the molecule is O=C(Cl)C1=C2C=CC=C2N=N1. The molecule has 0 radical (unpaired) electrons. The van der Waals surface area contributed by atoms with Gasteiger partial charge < -0.3 is 0 Å². The summed E-state index contributed by atoms with van der Waals surface area (Å²) in [6, 6.07) is 0. The van der Waals surface area contributed by atoms with Gasteiger partial charge in [-0.05, 0) is 17.7 Å². The van der Waals surface area contributed by atoms with Crippen molar-refractivity contribution in [1.82, 2.24) is 0 Å². The fraction of sp³-hybridized carbons (Fsp3) is 0. The van der Waals surface area contributed by atoms with Crippen molar-refractivity contribution in [3.63, 3.8) is 0 Å². The molecule has 11 heavy (non-hydrogen) atoms. The minimum absolute atomic E-state index is 0.242. The molecule has 3 nitrogen and oxygen atoms in total. The van der Waals surface area contributed by atoms with Gasteiger partial charge in [0, 0.05) is 5.57 Å². The van der Waals surface area contributed by atoms with E-state index in [2.05, 4.69) is 10.2 Å². The molecule has 0 aromatic heterocycles. The summed E-state index contributed by atoms with van der Waals surface area (Å²) >= 11 is 5.24. The molecule has 0 unspecified atom stereocenters. The van der Waals surface area contributed by atoms with Gasteiger partial charge in [-0.3, -0.25) is 4.79 Å². The zero-order valence-electron chi connectivity index (χ0n) is 5.41. The second-order valence-electron chi connectivity index (χ2n) is 2.15. The number of carbonyl (C=O) groups excluding carboxylic acids is 1. The molecule has 0 aromatic rings. The largest absolute Gasteiger partial charge is 0.274 e. The van der Waals surface area contributed by atoms with Crippen molar-refractivity contribution in [2.24, 2.45) is 10.2 Å². The molecule has 0 spiro atoms. The average Bonchev–Trinajstić information content (AvgIpc) is 2.41. The van der Waals surface area contributed by atoms with Crippen LogP contribution in [0.5, 0.6) is 0 Å². The summed E-state index contributed by atoms with van der Waals surface area (Å²) in [4.78, 5) is 10.7. The van der Waals surface area contributed by atoms with E-state index in [0.29, 0.717) is 5.70 Å². The molecule has 0 N–H and O–H groups in total. The highest BCUT2D eigenvalue weighted by Gasteiger charge is 2.21. The second-order valence-corrected chi connectivity index (χ2v) is 2.49. The highest BCUT2D eigenvalue weighted by molar-refractivity contribution is 6.67. The molecule has 54 valence electrons. The molecule has 0 bridgehead atoms. The van der Waals surface area contributed by atoms with Crippen LogP contribution < -0.4 is 0 Å². The topological polar surface area (TPSA) is 41.8 Å². The molecule has 0 aromatic carbocycles. The van der Waals surface area contributed by atoms with Gasteiger partial charge in [0.1, 0.15) is 0 Å². The first-order valence-corrected chi connectivity index (χ1v) is 3.41. The zero-order chi connectivity index (χ0) is 7.84. The van der Waals surface area contributed by atoms with E-state index in [9.17, 15) is 4.79 Å². The van der Waals surface area contributed by atoms with Crippen molar-refractivity contribution >= 4 is 16.8 Å². The van der Waals surface area contributed by atoms with Gasteiger partial charge in [-0.1, -0.05) is 12.2 Å². The second kappa shape index (κ2) is 2.13. The van der Waals surface area contributed by atoms with Gasteiger partial charge in [0.05, 0.1) is 5.70 Å². The summed E-state index contributed by atoms with van der Waals surface area (Å²) in [6.45, 7) is 0. The first kappa shape index (κ1) is 6.49. The Balaban J connectivity index is 2.55. The van der Waals surface area contributed by atoms with Crippen molar-refractivity contribution in [3.8, 4) is 0 Å². The Labute approximate surface area is 67.8 Å². The lowest BCUT2D eigenvalue weighted by Gasteiger charge is -1.88. The molecular weight excluding hydrogens is 164 g/mol. The highest BCUT2D eigenvalue weighted by atomic mass is 35.5. The molecule has 0 atom stereocenters. The van der Waals surface area contributed by atoms with Gasteiger partial charge in [-0.2, -0.15) is 0 Å². The Hall–Kier alpha value is -1.22. The number of halogens is 1. The van der Waals surface area contributed by atoms with E-state index in [0.717, 1.165) is 5.57 Å². The number of hydrogen-bond acceptors (Lipinski definition) is 3. The third kappa shape index (κ3) is 0.851. The summed E-state index contributed by atoms with van der Waals surface area (Å²) in [7, 11) is 0. The molecule has 1 heterocycles. The Kier molecular flexibility index (Phi) is 1.26. The van der Waals surface area contributed by atoms with Crippen LogP contribution in [0.3, 0.4) is 0 Å². The number of fused-ring (bicyclic) bond motifs is 1. The Bertz CT molecular complexity index is 349. The lowest BCUT2D eigenvalue weighted by atomic mass is 10.2. The van der Waals surface area contributed by atoms with Crippen LogP contribution in [0.2, 0.25) is 0 Å². The van der Waals surface area contributed by atoms with Crippen molar-refractivity contribution in [1.29, 1.82) is 0 Å². The van der Waals surface area contributed by atoms with Crippen molar-refractivity contribution in [2.45, 2.75) is 0 Å². The molecule has 0 amide bonds. The van der Waals surface area contributed by atoms with Crippen molar-refractivity contribution in [3.05, 3.63) is 35.2 Å². The van der Waals surface area contributed by atoms with E-state index in [1.54, 1.807) is 12.2 Å². The van der Waals surface area contributed by atoms with Gasteiger partial charge in [-0.15, -0.1) is 10.2 Å². The van der Waals surface area contributed by atoms with Crippen LogP contribution in [-0.2, 0) is 4.79 Å². The van der Waals surface area contributed by atoms with Crippen LogP contribution in [0.25, 0.3) is 0 Å². The van der Waals surface area contributed by atoms with E-state index >= 15 is 0 Å². The Morgan fingerprint density at radius 2 is 2.27 bits per heavy atom. The van der Waals surface area contributed by atoms with Gasteiger partial charge in [0.15, 0.2) is 5.70 Å². The molecule has 0 fully saturated rings. The van der Waals surface area contributed by atoms with Crippen LogP contribution >= 0.6 is 11.6 Å². The number of carbonyl (C=O) groups is 1. The predicted octanol–water partition coefficient (Wildman–Crippen LogP) is 1.93. The predicted molar refractivity (Wildman–Crippen MR) is 40.0 cm³/mol. The van der Waals surface area contributed by atoms with E-state index in [1.165, 1.54) is 0 Å². The quantitative estimate of drug-likeness (QED) is 0.549. The summed E-state index contributed by atoms with van der Waals surface area (Å²) < 4.78 is 0. The molecular formula is C7H3ClN2O. The van der Waals surface area contributed by atoms with Crippen LogP contribution in [0.4, 0.5) is 0 Å². The molecule has 1 aliphatic heterocycles. The molecule has 0 saturated carbocycles. The van der Waals surface area contributed by atoms with Crippen molar-refractivity contribution in [2.75, 3.05) is 0 Å². The minimum Gasteiger partial charge on any atom is -0.274 e. The number of azo groups is 1. The van der Waals surface area contributed by atoms with Crippen LogP contribution in [0.15, 0.2) is 45.4 Å². The summed E-state index contributed by atoms with van der Waals surface area (Å²) in [5.41, 5.74) is 1.69. The number of hydrogen-bond donors (Lipinski definition) is 0. The van der Waals surface area contributed by atoms with E-state index in [4.69, 9.17) is 11.6 Å². The summed E-state index contributed by atoms with van der Waals surface area (Å²) in [6.07, 6.45) is 5.36. The monoisotopic (exact) mass is 166 g/mol. The van der Waals surface area contributed by atoms with Gasteiger partial charge in [-0.25, -0.2) is 0 Å². The van der Waals surface area contributed by atoms with Gasteiger partial charge in [0.25, 0.3) is 5.24 Å². The van der Waals surface area contributed by atoms with Crippen LogP contribution in [0.1, 0.15) is 0 Å². The highest BCUT2D eigenvalue weighted by Crippen LogP contribution is 2.31. The molecule has 2 aliphatic rings. The third-order valence-electron chi connectivity index (χ3n) is 1.49. The van der Waals surface area contributed by atoms with E-state index in [1.807, 2.05) is 6.08 Å². The molecule has 1 aliphatic carbocycles. The van der Waals surface area contributed by atoms with Crippen molar-refractivity contribution < 1.29 is 4.79 Å². The number of nitrogens with zero attached hydrogens (tertiary/aromatic N) is 2. The maximum atomic E-state index is 10.7. The lowest BCUT2D eigenvalue weighted by molar-refractivity contribution is -0.108.